The third-order valence-corrected chi connectivity index (χ3v) is 12.1. The smallest absolute Gasteiger partial charge is 0.135 e. The Bertz CT molecular complexity index is 3290. The average Bonchev–Trinajstić information content (AvgIpc) is 3.81. The van der Waals surface area contributed by atoms with Crippen molar-refractivity contribution in [2.75, 3.05) is 0 Å². The summed E-state index contributed by atoms with van der Waals surface area (Å²) in [6.45, 7) is 11.0. The monoisotopic (exact) mass is 691 g/mol. The van der Waals surface area contributed by atoms with Gasteiger partial charge in [-0.2, -0.15) is 0 Å². The molecule has 2 nitrogen and oxygen atoms in total. The van der Waals surface area contributed by atoms with Gasteiger partial charge >= 0.3 is 0 Å². The van der Waals surface area contributed by atoms with Crippen LogP contribution in [0.15, 0.2) is 174 Å². The molecule has 0 saturated heterocycles. The highest BCUT2D eigenvalue weighted by Crippen LogP contribution is 2.50. The van der Waals surface area contributed by atoms with Crippen molar-refractivity contribution >= 4 is 81.6 Å². The number of benzene rings is 8. The maximum Gasteiger partial charge on any atom is 0.135 e. The van der Waals surface area contributed by atoms with Gasteiger partial charge in [-0.3, -0.25) is 0 Å². The molecule has 1 aliphatic carbocycles. The Balaban J connectivity index is 1.11. The zero-order chi connectivity index (χ0) is 36.3. The molecule has 0 aliphatic heterocycles. The summed E-state index contributed by atoms with van der Waals surface area (Å²) in [7, 11) is 0. The predicted octanol–water partition coefficient (Wildman–Crippen LogP) is 14.6. The van der Waals surface area contributed by atoms with Crippen LogP contribution in [-0.2, 0) is 5.41 Å². The van der Waals surface area contributed by atoms with Crippen LogP contribution in [0.5, 0.6) is 0 Å². The highest BCUT2D eigenvalue weighted by molar-refractivity contribution is 6.26. The van der Waals surface area contributed by atoms with E-state index in [1.54, 1.807) is 0 Å². The molecule has 0 unspecified atom stereocenters. The summed E-state index contributed by atoms with van der Waals surface area (Å²) in [4.78, 5) is 0. The first-order valence-electron chi connectivity index (χ1n) is 18.8. The quantitative estimate of drug-likeness (QED) is 0.168. The second kappa shape index (κ2) is 11.2. The Morgan fingerprint density at radius 2 is 1.11 bits per heavy atom. The molecule has 11 rings (SSSR count). The van der Waals surface area contributed by atoms with E-state index in [9.17, 15) is 0 Å². The summed E-state index contributed by atoms with van der Waals surface area (Å²) < 4.78 is 8.92. The van der Waals surface area contributed by atoms with Crippen molar-refractivity contribution in [1.82, 2.24) is 4.57 Å². The number of hydrogen-bond donors (Lipinski definition) is 0. The minimum absolute atomic E-state index is 0.149. The molecule has 256 valence electrons. The van der Waals surface area contributed by atoms with Crippen LogP contribution in [0.25, 0.3) is 98.4 Å². The molecule has 0 radical (unpaired) electrons. The van der Waals surface area contributed by atoms with Crippen LogP contribution in [0.4, 0.5) is 0 Å². The SMILES string of the molecule is C=CC1=C(/C=C\C)C(C)(C)c2cc3c(cc21)c1ccccc1n3-c1ccc2oc3ccc(-c4ccc5c6ccccc6c6ccccc6c5c4)cc3c2c1. The zero-order valence-electron chi connectivity index (χ0n) is 30.6. The molecule has 2 heterocycles. The lowest BCUT2D eigenvalue weighted by molar-refractivity contribution is 0.654. The number of rotatable bonds is 4. The van der Waals surface area contributed by atoms with E-state index in [4.69, 9.17) is 4.42 Å². The fraction of sp³-hybridized carbons (Fsp3) is 0.0769. The Morgan fingerprint density at radius 1 is 0.537 bits per heavy atom. The van der Waals surface area contributed by atoms with E-state index in [-0.39, 0.29) is 5.41 Å². The molecule has 0 spiro atoms. The molecule has 54 heavy (non-hydrogen) atoms. The Hall–Kier alpha value is -6.64. The van der Waals surface area contributed by atoms with Crippen molar-refractivity contribution in [2.24, 2.45) is 0 Å². The predicted molar refractivity (Wildman–Crippen MR) is 231 cm³/mol. The summed E-state index contributed by atoms with van der Waals surface area (Å²) in [6.07, 6.45) is 6.42. The fourth-order valence-electron chi connectivity index (χ4n) is 9.52. The summed E-state index contributed by atoms with van der Waals surface area (Å²) in [6, 6.07) is 51.3. The van der Waals surface area contributed by atoms with Crippen LogP contribution in [0.3, 0.4) is 0 Å². The first kappa shape index (κ1) is 30.9. The molecule has 2 aromatic heterocycles. The normalized spacial score (nSPS) is 14.3. The summed E-state index contributed by atoms with van der Waals surface area (Å²) in [5, 5.41) is 12.4. The van der Waals surface area contributed by atoms with Crippen LogP contribution in [0, 0.1) is 0 Å². The van der Waals surface area contributed by atoms with Gasteiger partial charge in [-0.15, -0.1) is 0 Å². The molecule has 2 heteroatoms. The number of para-hydroxylation sites is 1. The van der Waals surface area contributed by atoms with E-state index in [1.165, 1.54) is 87.5 Å². The lowest BCUT2D eigenvalue weighted by Gasteiger charge is -2.23. The maximum absolute atomic E-state index is 6.48. The molecule has 8 aromatic carbocycles. The minimum atomic E-state index is -0.149. The van der Waals surface area contributed by atoms with Gasteiger partial charge in [0.05, 0.1) is 11.0 Å². The minimum Gasteiger partial charge on any atom is -0.456 e. The first-order chi connectivity index (χ1) is 26.4. The molecule has 1 aliphatic rings. The van der Waals surface area contributed by atoms with Gasteiger partial charge in [0.1, 0.15) is 11.2 Å². The number of allylic oxidation sites excluding steroid dienone is 5. The number of hydrogen-bond acceptors (Lipinski definition) is 1. The lowest BCUT2D eigenvalue weighted by Crippen LogP contribution is -2.16. The van der Waals surface area contributed by atoms with Crippen LogP contribution in [0.2, 0.25) is 0 Å². The van der Waals surface area contributed by atoms with Crippen LogP contribution in [0.1, 0.15) is 31.9 Å². The standard InChI is InChI=1S/C52H37NO/c1-5-13-46-34(6-2)42-29-43-40-18-11-12-19-48(40)53(49(43)30-47(42)52(46,3)4)33-22-25-51-45(28-33)44-27-32(21-24-50(44)54-51)31-20-23-39-37-16-8-7-14-35(37)36-15-9-10-17-38(36)41(39)26-31/h5-30H,2H2,1,3-4H3/b13-5-. The van der Waals surface area contributed by atoms with E-state index < -0.39 is 0 Å². The van der Waals surface area contributed by atoms with E-state index in [0.29, 0.717) is 0 Å². The van der Waals surface area contributed by atoms with E-state index in [1.807, 2.05) is 6.08 Å². The summed E-state index contributed by atoms with van der Waals surface area (Å²) in [5.74, 6) is 0. The maximum atomic E-state index is 6.48. The molecule has 0 saturated carbocycles. The van der Waals surface area contributed by atoms with Gasteiger partial charge in [0, 0.05) is 32.6 Å². The van der Waals surface area contributed by atoms with Crippen LogP contribution < -0.4 is 0 Å². The molecular weight excluding hydrogens is 655 g/mol. The van der Waals surface area contributed by atoms with Crippen molar-refractivity contribution in [3.8, 4) is 16.8 Å². The Labute approximate surface area is 313 Å². The fourth-order valence-corrected chi connectivity index (χ4v) is 9.52. The highest BCUT2D eigenvalue weighted by Gasteiger charge is 2.36. The largest absolute Gasteiger partial charge is 0.456 e. The first-order valence-corrected chi connectivity index (χ1v) is 18.8. The van der Waals surface area contributed by atoms with Crippen molar-refractivity contribution in [2.45, 2.75) is 26.2 Å². The lowest BCUT2D eigenvalue weighted by atomic mass is 9.80. The van der Waals surface area contributed by atoms with Gasteiger partial charge in [0.25, 0.3) is 0 Å². The van der Waals surface area contributed by atoms with Gasteiger partial charge in [-0.25, -0.2) is 0 Å². The molecule has 0 fully saturated rings. The van der Waals surface area contributed by atoms with Crippen molar-refractivity contribution in [1.29, 1.82) is 0 Å². The van der Waals surface area contributed by atoms with Gasteiger partial charge in [0.2, 0.25) is 0 Å². The summed E-state index contributed by atoms with van der Waals surface area (Å²) >= 11 is 0. The van der Waals surface area contributed by atoms with Gasteiger partial charge in [-0.05, 0) is 127 Å². The second-order valence-corrected chi connectivity index (χ2v) is 15.3. The van der Waals surface area contributed by atoms with Gasteiger partial charge in [-0.1, -0.05) is 124 Å². The second-order valence-electron chi connectivity index (χ2n) is 15.3. The Kier molecular flexibility index (Phi) is 6.41. The molecule has 0 amide bonds. The van der Waals surface area contributed by atoms with Gasteiger partial charge in [0.15, 0.2) is 0 Å². The van der Waals surface area contributed by atoms with E-state index in [0.717, 1.165) is 27.6 Å². The summed E-state index contributed by atoms with van der Waals surface area (Å²) in [5.41, 5.74) is 12.7. The van der Waals surface area contributed by atoms with Crippen molar-refractivity contribution in [3.05, 3.63) is 181 Å². The average molecular weight is 692 g/mol. The van der Waals surface area contributed by atoms with E-state index >= 15 is 0 Å². The Morgan fingerprint density at radius 3 is 1.80 bits per heavy atom. The third kappa shape index (κ3) is 4.17. The van der Waals surface area contributed by atoms with Crippen LogP contribution in [-0.4, -0.2) is 4.57 Å². The topological polar surface area (TPSA) is 18.1 Å². The van der Waals surface area contributed by atoms with E-state index in [2.05, 4.69) is 184 Å². The zero-order valence-corrected chi connectivity index (χ0v) is 30.6. The molecular formula is C52H37NO. The molecule has 0 bridgehead atoms. The van der Waals surface area contributed by atoms with Crippen LogP contribution >= 0.6 is 0 Å². The van der Waals surface area contributed by atoms with Gasteiger partial charge < -0.3 is 8.98 Å². The van der Waals surface area contributed by atoms with Crippen molar-refractivity contribution in [3.63, 3.8) is 0 Å². The molecule has 0 N–H and O–H groups in total. The molecule has 0 atom stereocenters. The number of nitrogens with zero attached hydrogens (tertiary/aromatic N) is 1. The number of fused-ring (bicyclic) bond motifs is 13. The highest BCUT2D eigenvalue weighted by atomic mass is 16.3. The number of furan rings is 1. The number of aromatic nitrogens is 1. The molecule has 10 aromatic rings. The third-order valence-electron chi connectivity index (χ3n) is 12.1. The van der Waals surface area contributed by atoms with Crippen molar-refractivity contribution < 1.29 is 4.42 Å².